The lowest BCUT2D eigenvalue weighted by Crippen LogP contribution is -2.14. The fourth-order valence-corrected chi connectivity index (χ4v) is 0.664. The maximum atomic E-state index is 12.1. The normalized spacial score (nSPS) is 25.8. The lowest BCUT2D eigenvalue weighted by molar-refractivity contribution is 0.0428. The first-order valence-electron chi connectivity index (χ1n) is 2.60. The Morgan fingerprint density at radius 2 is 2.12 bits per heavy atom. The molecule has 0 bridgehead atoms. The summed E-state index contributed by atoms with van der Waals surface area (Å²) < 4.78 is 24.2. The summed E-state index contributed by atoms with van der Waals surface area (Å²) in [5.41, 5.74) is 0. The Kier molecular flexibility index (Phi) is 1.32. The standard InChI is InChI=1S/C6H7F2/c7-6(8)4-2-1-3-5-6/h1-2,4H,3,5H2. The molecule has 1 rings (SSSR count). The molecule has 0 N–H and O–H groups in total. The van der Waals surface area contributed by atoms with Crippen LogP contribution in [0.2, 0.25) is 0 Å². The van der Waals surface area contributed by atoms with Crippen molar-refractivity contribution in [3.63, 3.8) is 0 Å². The maximum absolute atomic E-state index is 12.1. The van der Waals surface area contributed by atoms with Gasteiger partial charge in [-0.25, -0.2) is 8.78 Å². The molecule has 0 amide bonds. The average Bonchev–Trinajstić information content (AvgIpc) is 1.65. The molecule has 1 aliphatic carbocycles. The molecule has 45 valence electrons. The summed E-state index contributed by atoms with van der Waals surface area (Å²) in [6.45, 7) is 0. The van der Waals surface area contributed by atoms with Crippen LogP contribution < -0.4 is 0 Å². The Hall–Kier alpha value is -0.400. The van der Waals surface area contributed by atoms with E-state index in [1.807, 2.05) is 0 Å². The van der Waals surface area contributed by atoms with Crippen molar-refractivity contribution in [2.24, 2.45) is 0 Å². The zero-order chi connectivity index (χ0) is 6.04. The van der Waals surface area contributed by atoms with Crippen molar-refractivity contribution in [3.8, 4) is 0 Å². The van der Waals surface area contributed by atoms with Crippen molar-refractivity contribution in [2.75, 3.05) is 0 Å². The Balaban J connectivity index is 2.56. The van der Waals surface area contributed by atoms with Crippen LogP contribution in [-0.2, 0) is 0 Å². The molecule has 0 aromatic carbocycles. The predicted molar refractivity (Wildman–Crippen MR) is 27.6 cm³/mol. The third-order valence-electron chi connectivity index (χ3n) is 1.12. The van der Waals surface area contributed by atoms with E-state index in [0.717, 1.165) is 6.08 Å². The third-order valence-corrected chi connectivity index (χ3v) is 1.12. The van der Waals surface area contributed by atoms with Crippen molar-refractivity contribution in [1.29, 1.82) is 0 Å². The number of halogens is 2. The van der Waals surface area contributed by atoms with Crippen LogP contribution in [0.3, 0.4) is 0 Å². The Morgan fingerprint density at radius 1 is 1.38 bits per heavy atom. The van der Waals surface area contributed by atoms with Gasteiger partial charge >= 0.3 is 0 Å². The monoisotopic (exact) mass is 117 g/mol. The first kappa shape index (κ1) is 5.73. The quantitative estimate of drug-likeness (QED) is 0.456. The minimum atomic E-state index is -2.53. The van der Waals surface area contributed by atoms with E-state index in [0.29, 0.717) is 6.42 Å². The lowest BCUT2D eigenvalue weighted by atomic mass is 10.1. The molecule has 8 heavy (non-hydrogen) atoms. The average molecular weight is 117 g/mol. The van der Waals surface area contributed by atoms with E-state index in [1.54, 1.807) is 6.42 Å². The van der Waals surface area contributed by atoms with Gasteiger partial charge in [0.05, 0.1) is 0 Å². The summed E-state index contributed by atoms with van der Waals surface area (Å²) in [6, 6.07) is 0. The molecule has 1 aliphatic rings. The topological polar surface area (TPSA) is 0 Å². The highest BCUT2D eigenvalue weighted by molar-refractivity contribution is 5.07. The Morgan fingerprint density at radius 3 is 2.38 bits per heavy atom. The second-order valence-corrected chi connectivity index (χ2v) is 1.89. The van der Waals surface area contributed by atoms with Gasteiger partial charge in [0.2, 0.25) is 0 Å². The summed E-state index contributed by atoms with van der Waals surface area (Å²) in [5, 5.41) is 0. The van der Waals surface area contributed by atoms with E-state index < -0.39 is 5.92 Å². The maximum Gasteiger partial charge on any atom is 0.266 e. The highest BCUT2D eigenvalue weighted by Crippen LogP contribution is 2.26. The largest absolute Gasteiger partial charge is 0.266 e. The Bertz CT molecular complexity index is 105. The van der Waals surface area contributed by atoms with Gasteiger partial charge in [-0.1, -0.05) is 6.08 Å². The van der Waals surface area contributed by atoms with Crippen molar-refractivity contribution < 1.29 is 8.78 Å². The minimum absolute atomic E-state index is 0.0243. The minimum Gasteiger partial charge on any atom is -0.202 e. The summed E-state index contributed by atoms with van der Waals surface area (Å²) in [5.74, 6) is -2.53. The predicted octanol–water partition coefficient (Wildman–Crippen LogP) is 2.18. The SMILES string of the molecule is FC1(F)C=C[CH]CC1. The smallest absolute Gasteiger partial charge is 0.202 e. The van der Waals surface area contributed by atoms with E-state index in [4.69, 9.17) is 0 Å². The zero-order valence-electron chi connectivity index (χ0n) is 4.40. The van der Waals surface area contributed by atoms with Gasteiger partial charge in [-0.3, -0.25) is 0 Å². The molecule has 0 aromatic heterocycles. The van der Waals surface area contributed by atoms with Crippen LogP contribution in [0.25, 0.3) is 0 Å². The lowest BCUT2D eigenvalue weighted by Gasteiger charge is -2.13. The molecule has 0 saturated heterocycles. The molecule has 1 radical (unpaired) electrons. The van der Waals surface area contributed by atoms with Gasteiger partial charge in [0.15, 0.2) is 0 Å². The number of hydrogen-bond acceptors (Lipinski definition) is 0. The van der Waals surface area contributed by atoms with E-state index in [9.17, 15) is 8.78 Å². The molecular weight excluding hydrogens is 110 g/mol. The van der Waals surface area contributed by atoms with E-state index in [1.165, 1.54) is 6.08 Å². The van der Waals surface area contributed by atoms with Crippen LogP contribution in [0, 0.1) is 6.42 Å². The number of alkyl halides is 2. The molecule has 0 unspecified atom stereocenters. The highest BCUT2D eigenvalue weighted by Gasteiger charge is 2.25. The van der Waals surface area contributed by atoms with Crippen LogP contribution in [0.15, 0.2) is 12.2 Å². The van der Waals surface area contributed by atoms with Gasteiger partial charge < -0.3 is 0 Å². The second kappa shape index (κ2) is 1.84. The number of allylic oxidation sites excluding steroid dienone is 2. The molecule has 2 heteroatoms. The highest BCUT2D eigenvalue weighted by atomic mass is 19.3. The summed E-state index contributed by atoms with van der Waals surface area (Å²) >= 11 is 0. The molecule has 0 saturated carbocycles. The summed E-state index contributed by atoms with van der Waals surface area (Å²) in [6.07, 6.45) is 4.59. The van der Waals surface area contributed by atoms with Crippen LogP contribution in [0.5, 0.6) is 0 Å². The van der Waals surface area contributed by atoms with Crippen molar-refractivity contribution in [3.05, 3.63) is 18.6 Å². The molecule has 0 aromatic rings. The number of rotatable bonds is 0. The van der Waals surface area contributed by atoms with Gasteiger partial charge in [-0.2, -0.15) is 0 Å². The molecule has 0 spiro atoms. The fraction of sp³-hybridized carbons (Fsp3) is 0.500. The Labute approximate surface area is 47.2 Å². The van der Waals surface area contributed by atoms with Crippen LogP contribution in [0.4, 0.5) is 8.78 Å². The van der Waals surface area contributed by atoms with Gasteiger partial charge in [-0.05, 0) is 18.9 Å². The molecule has 0 atom stereocenters. The third kappa shape index (κ3) is 1.29. The fourth-order valence-electron chi connectivity index (χ4n) is 0.664. The van der Waals surface area contributed by atoms with Gasteiger partial charge in [0.1, 0.15) is 0 Å². The summed E-state index contributed by atoms with van der Waals surface area (Å²) in [4.78, 5) is 0. The van der Waals surface area contributed by atoms with Crippen molar-refractivity contribution in [2.45, 2.75) is 18.8 Å². The molecule has 0 aliphatic heterocycles. The first-order valence-corrected chi connectivity index (χ1v) is 2.60. The van der Waals surface area contributed by atoms with Gasteiger partial charge in [0.25, 0.3) is 5.92 Å². The zero-order valence-corrected chi connectivity index (χ0v) is 4.40. The van der Waals surface area contributed by atoms with E-state index >= 15 is 0 Å². The van der Waals surface area contributed by atoms with Crippen LogP contribution in [0.1, 0.15) is 12.8 Å². The van der Waals surface area contributed by atoms with Crippen molar-refractivity contribution >= 4 is 0 Å². The van der Waals surface area contributed by atoms with E-state index in [-0.39, 0.29) is 6.42 Å². The van der Waals surface area contributed by atoms with Crippen LogP contribution >= 0.6 is 0 Å². The number of hydrogen-bond donors (Lipinski definition) is 0. The van der Waals surface area contributed by atoms with Crippen LogP contribution in [-0.4, -0.2) is 5.92 Å². The molecular formula is C6H7F2. The van der Waals surface area contributed by atoms with E-state index in [2.05, 4.69) is 0 Å². The van der Waals surface area contributed by atoms with Gasteiger partial charge in [-0.15, -0.1) is 0 Å². The first-order chi connectivity index (χ1) is 3.71. The summed E-state index contributed by atoms with van der Waals surface area (Å²) in [7, 11) is 0. The molecule has 0 fully saturated rings. The van der Waals surface area contributed by atoms with Gasteiger partial charge in [0, 0.05) is 6.42 Å². The van der Waals surface area contributed by atoms with Crippen molar-refractivity contribution in [1.82, 2.24) is 0 Å². The molecule has 0 heterocycles. The molecule has 0 nitrogen and oxygen atoms in total. The second-order valence-electron chi connectivity index (χ2n) is 1.89.